The molecule has 1 aromatic carbocycles. The van der Waals surface area contributed by atoms with Crippen molar-refractivity contribution in [3.05, 3.63) is 24.3 Å². The lowest BCUT2D eigenvalue weighted by molar-refractivity contribution is 0.210. The molecular weight excluding hydrogens is 260 g/mol. The van der Waals surface area contributed by atoms with E-state index in [9.17, 15) is 0 Å². The second-order valence-corrected chi connectivity index (χ2v) is 4.68. The summed E-state index contributed by atoms with van der Waals surface area (Å²) in [5, 5.41) is 13.4. The maximum absolute atomic E-state index is 8.62. The number of para-hydroxylation sites is 1. The van der Waals surface area contributed by atoms with Gasteiger partial charge in [-0.1, -0.05) is 23.9 Å². The lowest BCUT2D eigenvalue weighted by atomic mass is 10.2. The fraction of sp³-hybridized carbons (Fsp3) is 0.308. The Morgan fingerprint density at radius 1 is 1.37 bits per heavy atom. The van der Waals surface area contributed by atoms with Crippen LogP contribution in [0.5, 0.6) is 0 Å². The number of nitrogens with one attached hydrogen (secondary N) is 1. The fourth-order valence-corrected chi connectivity index (χ4v) is 2.14. The van der Waals surface area contributed by atoms with Crippen LogP contribution < -0.4 is 5.32 Å². The quantitative estimate of drug-likeness (QED) is 0.495. The zero-order valence-corrected chi connectivity index (χ0v) is 11.4. The van der Waals surface area contributed by atoms with Crippen molar-refractivity contribution in [3.63, 3.8) is 0 Å². The molecule has 0 amide bonds. The fourth-order valence-electron chi connectivity index (χ4n) is 1.62. The number of rotatable bonds is 6. The van der Waals surface area contributed by atoms with Crippen LogP contribution in [0, 0.1) is 11.3 Å². The van der Waals surface area contributed by atoms with Gasteiger partial charge in [-0.2, -0.15) is 5.26 Å². The van der Waals surface area contributed by atoms with Gasteiger partial charge in [-0.3, -0.25) is 0 Å². The Kier molecular flexibility index (Phi) is 4.95. The van der Waals surface area contributed by atoms with Gasteiger partial charge in [0.25, 0.3) is 0 Å². The first-order chi connectivity index (χ1) is 9.35. The van der Waals surface area contributed by atoms with Crippen molar-refractivity contribution in [2.75, 3.05) is 31.3 Å². The molecule has 0 unspecified atom stereocenters. The third kappa shape index (κ3) is 3.56. The van der Waals surface area contributed by atoms with E-state index in [0.29, 0.717) is 24.1 Å². The average Bonchev–Trinajstić information content (AvgIpc) is 2.45. The summed E-state index contributed by atoms with van der Waals surface area (Å²) < 4.78 is 5.02. The molecule has 1 N–H and O–H groups in total. The summed E-state index contributed by atoms with van der Waals surface area (Å²) in [6, 6.07) is 9.88. The maximum atomic E-state index is 8.62. The molecule has 0 atom stereocenters. The molecule has 1 aromatic heterocycles. The van der Waals surface area contributed by atoms with Crippen LogP contribution in [-0.2, 0) is 4.74 Å². The van der Waals surface area contributed by atoms with Crippen LogP contribution in [0.4, 0.5) is 5.82 Å². The molecule has 98 valence electrons. The summed E-state index contributed by atoms with van der Waals surface area (Å²) in [5.41, 5.74) is 0.873. The number of nitriles is 1. The van der Waals surface area contributed by atoms with Crippen molar-refractivity contribution < 1.29 is 4.74 Å². The summed E-state index contributed by atoms with van der Waals surface area (Å²) in [7, 11) is 1.66. The maximum Gasteiger partial charge on any atom is 0.191 e. The highest BCUT2D eigenvalue weighted by Crippen LogP contribution is 2.23. The molecule has 0 bridgehead atoms. The van der Waals surface area contributed by atoms with Crippen LogP contribution >= 0.6 is 11.8 Å². The number of benzene rings is 1. The van der Waals surface area contributed by atoms with E-state index in [2.05, 4.69) is 21.4 Å². The molecule has 0 fully saturated rings. The van der Waals surface area contributed by atoms with Crippen molar-refractivity contribution in [2.24, 2.45) is 0 Å². The SMILES string of the molecule is COCCNc1nc(SCC#N)nc2ccccc12. The summed E-state index contributed by atoms with van der Waals surface area (Å²) >= 11 is 1.33. The largest absolute Gasteiger partial charge is 0.383 e. The van der Waals surface area contributed by atoms with E-state index < -0.39 is 0 Å². The molecule has 0 radical (unpaired) electrons. The Balaban J connectivity index is 2.31. The van der Waals surface area contributed by atoms with Gasteiger partial charge in [0.15, 0.2) is 5.16 Å². The van der Waals surface area contributed by atoms with Gasteiger partial charge in [0.2, 0.25) is 0 Å². The van der Waals surface area contributed by atoms with E-state index in [1.54, 1.807) is 7.11 Å². The van der Waals surface area contributed by atoms with Crippen molar-refractivity contribution in [1.29, 1.82) is 5.26 Å². The third-order valence-electron chi connectivity index (χ3n) is 2.45. The van der Waals surface area contributed by atoms with Crippen molar-refractivity contribution in [2.45, 2.75) is 5.16 Å². The standard InChI is InChI=1S/C13H14N4OS/c1-18-8-7-15-12-10-4-2-3-5-11(10)16-13(17-12)19-9-6-14/h2-5H,7-9H2,1H3,(H,15,16,17). The second-order valence-electron chi connectivity index (χ2n) is 3.74. The minimum atomic E-state index is 0.343. The molecule has 0 aliphatic rings. The lowest BCUT2D eigenvalue weighted by Gasteiger charge is -2.09. The number of nitrogens with zero attached hydrogens (tertiary/aromatic N) is 3. The number of hydrogen-bond donors (Lipinski definition) is 1. The summed E-state index contributed by atoms with van der Waals surface area (Å²) in [6.45, 7) is 1.29. The first-order valence-corrected chi connectivity index (χ1v) is 6.83. The molecule has 6 heteroatoms. The van der Waals surface area contributed by atoms with Crippen molar-refractivity contribution >= 4 is 28.5 Å². The van der Waals surface area contributed by atoms with Gasteiger partial charge in [-0.05, 0) is 12.1 Å². The molecule has 0 saturated carbocycles. The molecule has 0 saturated heterocycles. The molecule has 0 aliphatic heterocycles. The number of thioether (sulfide) groups is 1. The number of ether oxygens (including phenoxy) is 1. The van der Waals surface area contributed by atoms with Crippen LogP contribution in [0.2, 0.25) is 0 Å². The van der Waals surface area contributed by atoms with Crippen LogP contribution in [0.15, 0.2) is 29.4 Å². The minimum absolute atomic E-state index is 0.343. The number of hydrogen-bond acceptors (Lipinski definition) is 6. The van der Waals surface area contributed by atoms with Gasteiger partial charge in [0.1, 0.15) is 5.82 Å². The lowest BCUT2D eigenvalue weighted by Crippen LogP contribution is -2.10. The third-order valence-corrected chi connectivity index (χ3v) is 3.16. The summed E-state index contributed by atoms with van der Waals surface area (Å²) in [5.74, 6) is 1.12. The zero-order valence-electron chi connectivity index (χ0n) is 10.6. The molecule has 2 aromatic rings. The highest BCUT2D eigenvalue weighted by atomic mass is 32.2. The summed E-state index contributed by atoms with van der Waals surface area (Å²) in [6.07, 6.45) is 0. The van der Waals surface area contributed by atoms with Gasteiger partial charge < -0.3 is 10.1 Å². The predicted octanol–water partition coefficient (Wildman–Crippen LogP) is 2.30. The van der Waals surface area contributed by atoms with E-state index in [0.717, 1.165) is 16.7 Å². The van der Waals surface area contributed by atoms with E-state index in [1.165, 1.54) is 11.8 Å². The van der Waals surface area contributed by atoms with E-state index in [-0.39, 0.29) is 0 Å². The Bertz CT molecular complexity index is 597. The Hall–Kier alpha value is -1.84. The number of aromatic nitrogens is 2. The normalized spacial score (nSPS) is 10.3. The average molecular weight is 274 g/mol. The first kappa shape index (κ1) is 13.6. The highest BCUT2D eigenvalue weighted by Gasteiger charge is 2.07. The number of anilines is 1. The minimum Gasteiger partial charge on any atom is -0.383 e. The second kappa shape index (κ2) is 6.92. The summed E-state index contributed by atoms with van der Waals surface area (Å²) in [4.78, 5) is 8.88. The number of fused-ring (bicyclic) bond motifs is 1. The van der Waals surface area contributed by atoms with Crippen LogP contribution in [-0.4, -0.2) is 36.0 Å². The topological polar surface area (TPSA) is 70.8 Å². The van der Waals surface area contributed by atoms with E-state index in [1.807, 2.05) is 24.3 Å². The van der Waals surface area contributed by atoms with Gasteiger partial charge in [0, 0.05) is 19.0 Å². The molecule has 2 rings (SSSR count). The van der Waals surface area contributed by atoms with Gasteiger partial charge in [0.05, 0.1) is 23.9 Å². The van der Waals surface area contributed by atoms with E-state index >= 15 is 0 Å². The van der Waals surface area contributed by atoms with Gasteiger partial charge in [-0.25, -0.2) is 9.97 Å². The molecule has 0 aliphatic carbocycles. The number of methoxy groups -OCH3 is 1. The molecule has 19 heavy (non-hydrogen) atoms. The molecule has 0 spiro atoms. The highest BCUT2D eigenvalue weighted by molar-refractivity contribution is 7.99. The Morgan fingerprint density at radius 3 is 3.00 bits per heavy atom. The monoisotopic (exact) mass is 274 g/mol. The molecule has 1 heterocycles. The van der Waals surface area contributed by atoms with Crippen molar-refractivity contribution in [3.8, 4) is 6.07 Å². The van der Waals surface area contributed by atoms with Crippen LogP contribution in [0.25, 0.3) is 10.9 Å². The first-order valence-electron chi connectivity index (χ1n) is 5.84. The van der Waals surface area contributed by atoms with Crippen LogP contribution in [0.1, 0.15) is 0 Å². The Morgan fingerprint density at radius 2 is 2.21 bits per heavy atom. The zero-order chi connectivity index (χ0) is 13.5. The van der Waals surface area contributed by atoms with Gasteiger partial charge >= 0.3 is 0 Å². The Labute approximate surface area is 116 Å². The van der Waals surface area contributed by atoms with E-state index in [4.69, 9.17) is 10.00 Å². The van der Waals surface area contributed by atoms with Crippen molar-refractivity contribution in [1.82, 2.24) is 9.97 Å². The molecular formula is C13H14N4OS. The van der Waals surface area contributed by atoms with Crippen LogP contribution in [0.3, 0.4) is 0 Å². The van der Waals surface area contributed by atoms with Gasteiger partial charge in [-0.15, -0.1) is 0 Å². The smallest absolute Gasteiger partial charge is 0.191 e. The predicted molar refractivity (Wildman–Crippen MR) is 76.2 cm³/mol. The molecule has 5 nitrogen and oxygen atoms in total.